The van der Waals surface area contributed by atoms with Crippen LogP contribution < -0.4 is 5.32 Å². The van der Waals surface area contributed by atoms with Gasteiger partial charge in [0.1, 0.15) is 0 Å². The molecule has 0 aromatic carbocycles. The molecule has 2 aliphatic rings. The van der Waals surface area contributed by atoms with Gasteiger partial charge in [0.2, 0.25) is 0 Å². The Morgan fingerprint density at radius 1 is 1.39 bits per heavy atom. The van der Waals surface area contributed by atoms with Crippen molar-refractivity contribution in [1.82, 2.24) is 15.1 Å². The van der Waals surface area contributed by atoms with Gasteiger partial charge in [-0.2, -0.15) is 0 Å². The molecule has 2 atom stereocenters. The molecule has 1 N–H and O–H groups in total. The minimum absolute atomic E-state index is 0.747. The Balaban J connectivity index is 1.50. The fraction of sp³-hybridized carbons (Fsp3) is 1.00. The third-order valence-corrected chi connectivity index (χ3v) is 4.32. The molecule has 2 rings (SSSR count). The van der Waals surface area contributed by atoms with Crippen LogP contribution in [-0.2, 0) is 4.74 Å². The summed E-state index contributed by atoms with van der Waals surface area (Å²) < 4.78 is 5.38. The minimum atomic E-state index is 0.747. The minimum Gasteiger partial charge on any atom is -0.381 e. The summed E-state index contributed by atoms with van der Waals surface area (Å²) in [6.07, 6.45) is 3.97. The highest BCUT2D eigenvalue weighted by Gasteiger charge is 2.21. The van der Waals surface area contributed by atoms with E-state index in [1.54, 1.807) is 0 Å². The lowest BCUT2D eigenvalue weighted by molar-refractivity contribution is 0.184. The zero-order valence-corrected chi connectivity index (χ0v) is 12.0. The van der Waals surface area contributed by atoms with E-state index in [1.807, 2.05) is 0 Å². The predicted octanol–water partition coefficient (Wildman–Crippen LogP) is 0.639. The molecule has 4 heteroatoms. The van der Waals surface area contributed by atoms with E-state index in [4.69, 9.17) is 4.74 Å². The molecular weight excluding hydrogens is 226 g/mol. The van der Waals surface area contributed by atoms with E-state index in [0.29, 0.717) is 0 Å². The van der Waals surface area contributed by atoms with Crippen LogP contribution in [0.1, 0.15) is 19.3 Å². The zero-order valence-electron chi connectivity index (χ0n) is 12.0. The maximum absolute atomic E-state index is 5.38. The number of hydrogen-bond acceptors (Lipinski definition) is 4. The Hall–Kier alpha value is -0.160. The molecule has 4 nitrogen and oxygen atoms in total. The van der Waals surface area contributed by atoms with E-state index in [-0.39, 0.29) is 0 Å². The Bertz CT molecular complexity index is 231. The lowest BCUT2D eigenvalue weighted by Gasteiger charge is -2.26. The Labute approximate surface area is 112 Å². The second kappa shape index (κ2) is 7.43. The van der Waals surface area contributed by atoms with Crippen molar-refractivity contribution < 1.29 is 4.74 Å². The number of hydrogen-bond donors (Lipinski definition) is 1. The average molecular weight is 255 g/mol. The molecule has 2 aliphatic heterocycles. The highest BCUT2D eigenvalue weighted by molar-refractivity contribution is 4.79. The number of rotatable bonds is 7. The fourth-order valence-electron chi connectivity index (χ4n) is 2.98. The van der Waals surface area contributed by atoms with E-state index < -0.39 is 0 Å². The van der Waals surface area contributed by atoms with E-state index in [9.17, 15) is 0 Å². The van der Waals surface area contributed by atoms with Crippen molar-refractivity contribution in [2.45, 2.75) is 25.3 Å². The van der Waals surface area contributed by atoms with Crippen molar-refractivity contribution in [3.8, 4) is 0 Å². The van der Waals surface area contributed by atoms with Gasteiger partial charge in [0.25, 0.3) is 0 Å². The molecule has 0 aliphatic carbocycles. The van der Waals surface area contributed by atoms with Gasteiger partial charge < -0.3 is 19.9 Å². The third kappa shape index (κ3) is 4.50. The van der Waals surface area contributed by atoms with E-state index in [2.05, 4.69) is 29.2 Å². The smallest absolute Gasteiger partial charge is 0.0507 e. The van der Waals surface area contributed by atoms with Gasteiger partial charge in [-0.05, 0) is 45.8 Å². The second-order valence-corrected chi connectivity index (χ2v) is 5.97. The van der Waals surface area contributed by atoms with Crippen molar-refractivity contribution in [3.63, 3.8) is 0 Å². The summed E-state index contributed by atoms with van der Waals surface area (Å²) >= 11 is 0. The monoisotopic (exact) mass is 255 g/mol. The molecule has 2 saturated heterocycles. The average Bonchev–Trinajstić information content (AvgIpc) is 2.98. The molecule has 2 fully saturated rings. The first kappa shape index (κ1) is 14.3. The molecule has 0 bridgehead atoms. The number of likely N-dealkylation sites (N-methyl/N-ethyl adjacent to an activating group) is 2. The molecule has 0 radical (unpaired) electrons. The van der Waals surface area contributed by atoms with Gasteiger partial charge in [-0.1, -0.05) is 0 Å². The molecule has 0 aromatic rings. The lowest BCUT2D eigenvalue weighted by Crippen LogP contribution is -2.39. The van der Waals surface area contributed by atoms with Gasteiger partial charge in [-0.25, -0.2) is 0 Å². The lowest BCUT2D eigenvalue weighted by atomic mass is 10.1. The molecule has 0 aromatic heterocycles. The molecular formula is C14H29N3O. The number of nitrogens with one attached hydrogen (secondary N) is 1. The van der Waals surface area contributed by atoms with Crippen molar-refractivity contribution in [1.29, 1.82) is 0 Å². The summed E-state index contributed by atoms with van der Waals surface area (Å²) in [6.45, 7) is 7.78. The molecule has 0 amide bonds. The maximum atomic E-state index is 5.38. The highest BCUT2D eigenvalue weighted by atomic mass is 16.5. The van der Waals surface area contributed by atoms with Gasteiger partial charge >= 0.3 is 0 Å². The predicted molar refractivity (Wildman–Crippen MR) is 74.9 cm³/mol. The van der Waals surface area contributed by atoms with Crippen LogP contribution >= 0.6 is 0 Å². The van der Waals surface area contributed by atoms with Crippen LogP contribution in [0, 0.1) is 5.92 Å². The first-order chi connectivity index (χ1) is 8.75. The van der Waals surface area contributed by atoms with Gasteiger partial charge in [-0.3, -0.25) is 0 Å². The van der Waals surface area contributed by atoms with Crippen molar-refractivity contribution in [2.24, 2.45) is 5.92 Å². The van der Waals surface area contributed by atoms with Gasteiger partial charge in [0, 0.05) is 38.8 Å². The molecule has 0 saturated carbocycles. The Kier molecular flexibility index (Phi) is 5.89. The standard InChI is InChI=1S/C14H29N3O/c1-16(11-14-4-3-7-17(14)2)8-6-15-10-13-5-9-18-12-13/h13-15H,3-12H2,1-2H3. The molecule has 2 heterocycles. The summed E-state index contributed by atoms with van der Waals surface area (Å²) in [5, 5.41) is 3.56. The Morgan fingerprint density at radius 3 is 2.94 bits per heavy atom. The first-order valence-corrected chi connectivity index (χ1v) is 7.43. The van der Waals surface area contributed by atoms with Crippen molar-refractivity contribution >= 4 is 0 Å². The first-order valence-electron chi connectivity index (χ1n) is 7.43. The number of likely N-dealkylation sites (tertiary alicyclic amines) is 1. The van der Waals surface area contributed by atoms with Crippen LogP contribution in [0.3, 0.4) is 0 Å². The van der Waals surface area contributed by atoms with Crippen LogP contribution in [0.5, 0.6) is 0 Å². The largest absolute Gasteiger partial charge is 0.381 e. The second-order valence-electron chi connectivity index (χ2n) is 5.97. The summed E-state index contributed by atoms with van der Waals surface area (Å²) in [5.74, 6) is 0.747. The third-order valence-electron chi connectivity index (χ3n) is 4.32. The van der Waals surface area contributed by atoms with Crippen molar-refractivity contribution in [2.75, 3.05) is 60.0 Å². The summed E-state index contributed by atoms with van der Waals surface area (Å²) in [6, 6.07) is 0.776. The van der Waals surface area contributed by atoms with Crippen LogP contribution in [-0.4, -0.2) is 75.9 Å². The summed E-state index contributed by atoms with van der Waals surface area (Å²) in [4.78, 5) is 4.96. The van der Waals surface area contributed by atoms with Gasteiger partial charge in [0.15, 0.2) is 0 Å². The van der Waals surface area contributed by atoms with Gasteiger partial charge in [0.05, 0.1) is 6.61 Å². The van der Waals surface area contributed by atoms with E-state index in [0.717, 1.165) is 44.8 Å². The topological polar surface area (TPSA) is 27.7 Å². The molecule has 2 unspecified atom stereocenters. The molecule has 106 valence electrons. The fourth-order valence-corrected chi connectivity index (χ4v) is 2.98. The van der Waals surface area contributed by atoms with E-state index >= 15 is 0 Å². The van der Waals surface area contributed by atoms with Crippen LogP contribution in [0.25, 0.3) is 0 Å². The molecule has 18 heavy (non-hydrogen) atoms. The van der Waals surface area contributed by atoms with E-state index in [1.165, 1.54) is 32.4 Å². The number of ether oxygens (including phenoxy) is 1. The maximum Gasteiger partial charge on any atom is 0.0507 e. The van der Waals surface area contributed by atoms with Crippen LogP contribution in [0.4, 0.5) is 0 Å². The van der Waals surface area contributed by atoms with Gasteiger partial charge in [-0.15, -0.1) is 0 Å². The van der Waals surface area contributed by atoms with Crippen LogP contribution in [0.2, 0.25) is 0 Å². The van der Waals surface area contributed by atoms with Crippen LogP contribution in [0.15, 0.2) is 0 Å². The summed E-state index contributed by atoms with van der Waals surface area (Å²) in [5.41, 5.74) is 0. The quantitative estimate of drug-likeness (QED) is 0.676. The number of nitrogens with zero attached hydrogens (tertiary/aromatic N) is 2. The SMILES string of the molecule is CN(CCNCC1CCOC1)CC1CCCN1C. The zero-order chi connectivity index (χ0) is 12.8. The highest BCUT2D eigenvalue weighted by Crippen LogP contribution is 2.15. The normalized spacial score (nSPS) is 29.5. The Morgan fingerprint density at radius 2 is 2.28 bits per heavy atom. The van der Waals surface area contributed by atoms with Crippen molar-refractivity contribution in [3.05, 3.63) is 0 Å². The molecule has 0 spiro atoms. The summed E-state index contributed by atoms with van der Waals surface area (Å²) in [7, 11) is 4.50.